The fourth-order valence-corrected chi connectivity index (χ4v) is 1.86. The van der Waals surface area contributed by atoms with E-state index in [1.165, 1.54) is 0 Å². The molecule has 0 radical (unpaired) electrons. The Morgan fingerprint density at radius 3 is 2.90 bits per heavy atom. The van der Waals surface area contributed by atoms with Crippen LogP contribution < -0.4 is 10.1 Å². The molecule has 1 heterocycles. The Morgan fingerprint density at radius 1 is 1.25 bits per heavy atom. The molecule has 0 bridgehead atoms. The van der Waals surface area contributed by atoms with Crippen LogP contribution >= 0.6 is 11.6 Å². The standard InChI is InChI=1S/C15H17ClN2O2/c16-12-4-3-6-15(8-12)20-11-14(19)10-17-9-13-5-1-2-7-18-13/h1-8,14,17,19H,9-11H2. The van der Waals surface area contributed by atoms with Crippen LogP contribution in [-0.2, 0) is 6.54 Å². The summed E-state index contributed by atoms with van der Waals surface area (Å²) < 4.78 is 5.46. The Kier molecular flexibility index (Phi) is 5.80. The van der Waals surface area contributed by atoms with Crippen LogP contribution in [0.1, 0.15) is 5.69 Å². The molecule has 0 amide bonds. The summed E-state index contributed by atoms with van der Waals surface area (Å²) in [6, 6.07) is 12.8. The number of pyridine rings is 1. The van der Waals surface area contributed by atoms with Crippen molar-refractivity contribution in [3.8, 4) is 5.75 Å². The van der Waals surface area contributed by atoms with Crippen LogP contribution in [-0.4, -0.2) is 29.3 Å². The molecule has 2 rings (SSSR count). The minimum Gasteiger partial charge on any atom is -0.491 e. The second-order valence-corrected chi connectivity index (χ2v) is 4.81. The van der Waals surface area contributed by atoms with E-state index in [-0.39, 0.29) is 6.61 Å². The molecule has 1 atom stereocenters. The summed E-state index contributed by atoms with van der Waals surface area (Å²) in [4.78, 5) is 4.19. The fourth-order valence-electron chi connectivity index (χ4n) is 1.68. The lowest BCUT2D eigenvalue weighted by Crippen LogP contribution is -2.31. The number of halogens is 1. The first-order valence-electron chi connectivity index (χ1n) is 6.41. The molecule has 5 heteroatoms. The van der Waals surface area contributed by atoms with Gasteiger partial charge in [-0.25, -0.2) is 0 Å². The molecule has 1 unspecified atom stereocenters. The maximum atomic E-state index is 9.82. The zero-order chi connectivity index (χ0) is 14.2. The molecule has 0 aliphatic carbocycles. The highest BCUT2D eigenvalue weighted by atomic mass is 35.5. The van der Waals surface area contributed by atoms with Crippen LogP contribution in [0.15, 0.2) is 48.7 Å². The van der Waals surface area contributed by atoms with Crippen LogP contribution in [0.25, 0.3) is 0 Å². The zero-order valence-corrected chi connectivity index (χ0v) is 11.8. The first kappa shape index (κ1) is 14.8. The van der Waals surface area contributed by atoms with Crippen molar-refractivity contribution in [2.75, 3.05) is 13.2 Å². The first-order valence-corrected chi connectivity index (χ1v) is 6.79. The predicted molar refractivity (Wildman–Crippen MR) is 78.9 cm³/mol. The van der Waals surface area contributed by atoms with Gasteiger partial charge in [0, 0.05) is 24.3 Å². The molecule has 0 saturated heterocycles. The molecule has 2 aromatic rings. The van der Waals surface area contributed by atoms with Gasteiger partial charge in [-0.05, 0) is 30.3 Å². The number of rotatable bonds is 7. The van der Waals surface area contributed by atoms with E-state index in [0.717, 1.165) is 5.69 Å². The average molecular weight is 293 g/mol. The summed E-state index contributed by atoms with van der Waals surface area (Å²) in [6.07, 6.45) is 1.16. The molecule has 2 N–H and O–H groups in total. The Labute approximate surface area is 123 Å². The summed E-state index contributed by atoms with van der Waals surface area (Å²) >= 11 is 5.85. The highest BCUT2D eigenvalue weighted by molar-refractivity contribution is 6.30. The second-order valence-electron chi connectivity index (χ2n) is 4.37. The number of aromatic nitrogens is 1. The van der Waals surface area contributed by atoms with Gasteiger partial charge in [0.2, 0.25) is 0 Å². The van der Waals surface area contributed by atoms with Gasteiger partial charge in [0.25, 0.3) is 0 Å². The van der Waals surface area contributed by atoms with Crippen molar-refractivity contribution in [3.63, 3.8) is 0 Å². The molecule has 0 aliphatic rings. The van der Waals surface area contributed by atoms with E-state index < -0.39 is 6.10 Å². The smallest absolute Gasteiger partial charge is 0.120 e. The van der Waals surface area contributed by atoms with Crippen molar-refractivity contribution < 1.29 is 9.84 Å². The highest BCUT2D eigenvalue weighted by Gasteiger charge is 2.05. The summed E-state index contributed by atoms with van der Waals surface area (Å²) in [5, 5.41) is 13.6. The molecule has 0 fully saturated rings. The van der Waals surface area contributed by atoms with Gasteiger partial charge in [-0.2, -0.15) is 0 Å². The summed E-state index contributed by atoms with van der Waals surface area (Å²) in [5.41, 5.74) is 0.940. The molecule has 1 aromatic heterocycles. The number of hydrogen-bond donors (Lipinski definition) is 2. The SMILES string of the molecule is OC(CNCc1ccccn1)COc1cccc(Cl)c1. The van der Waals surface area contributed by atoms with E-state index in [2.05, 4.69) is 10.3 Å². The van der Waals surface area contributed by atoms with E-state index in [1.54, 1.807) is 24.4 Å². The normalized spacial score (nSPS) is 12.1. The topological polar surface area (TPSA) is 54.4 Å². The van der Waals surface area contributed by atoms with Crippen molar-refractivity contribution in [1.82, 2.24) is 10.3 Å². The average Bonchev–Trinajstić information content (AvgIpc) is 2.46. The fraction of sp³-hybridized carbons (Fsp3) is 0.267. The number of ether oxygens (including phenoxy) is 1. The molecule has 0 spiro atoms. The molecule has 4 nitrogen and oxygen atoms in total. The predicted octanol–water partition coefficient (Wildman–Crippen LogP) is 2.26. The van der Waals surface area contributed by atoms with Crippen LogP contribution in [0, 0.1) is 0 Å². The monoisotopic (exact) mass is 292 g/mol. The molecule has 0 aliphatic heterocycles. The number of benzene rings is 1. The van der Waals surface area contributed by atoms with Crippen molar-refractivity contribution >= 4 is 11.6 Å². The number of aliphatic hydroxyl groups excluding tert-OH is 1. The third-order valence-electron chi connectivity index (χ3n) is 2.65. The number of hydrogen-bond acceptors (Lipinski definition) is 4. The maximum absolute atomic E-state index is 9.82. The van der Waals surface area contributed by atoms with Crippen molar-refractivity contribution in [1.29, 1.82) is 0 Å². The number of nitrogens with one attached hydrogen (secondary N) is 1. The van der Waals surface area contributed by atoms with Gasteiger partial charge in [-0.1, -0.05) is 23.7 Å². The van der Waals surface area contributed by atoms with E-state index >= 15 is 0 Å². The number of nitrogens with zero attached hydrogens (tertiary/aromatic N) is 1. The molecular formula is C15H17ClN2O2. The van der Waals surface area contributed by atoms with Gasteiger partial charge in [-0.15, -0.1) is 0 Å². The van der Waals surface area contributed by atoms with Gasteiger partial charge in [-0.3, -0.25) is 4.98 Å². The highest BCUT2D eigenvalue weighted by Crippen LogP contribution is 2.17. The van der Waals surface area contributed by atoms with E-state index in [1.807, 2.05) is 24.3 Å². The van der Waals surface area contributed by atoms with Gasteiger partial charge in [0.15, 0.2) is 0 Å². The largest absolute Gasteiger partial charge is 0.491 e. The Hall–Kier alpha value is -1.62. The Morgan fingerprint density at radius 2 is 2.15 bits per heavy atom. The van der Waals surface area contributed by atoms with Crippen LogP contribution in [0.5, 0.6) is 5.75 Å². The van der Waals surface area contributed by atoms with Crippen molar-refractivity contribution in [3.05, 3.63) is 59.4 Å². The summed E-state index contributed by atoms with van der Waals surface area (Å²) in [6.45, 7) is 1.28. The van der Waals surface area contributed by atoms with Gasteiger partial charge in [0.1, 0.15) is 18.5 Å². The van der Waals surface area contributed by atoms with Crippen LogP contribution in [0.3, 0.4) is 0 Å². The second kappa shape index (κ2) is 7.85. The zero-order valence-electron chi connectivity index (χ0n) is 11.0. The van der Waals surface area contributed by atoms with Crippen LogP contribution in [0.2, 0.25) is 5.02 Å². The van der Waals surface area contributed by atoms with Gasteiger partial charge in [0.05, 0.1) is 5.69 Å². The van der Waals surface area contributed by atoms with E-state index in [9.17, 15) is 5.11 Å². The minimum absolute atomic E-state index is 0.218. The van der Waals surface area contributed by atoms with Gasteiger partial charge >= 0.3 is 0 Å². The Balaban J connectivity index is 1.67. The third kappa shape index (κ3) is 5.17. The lowest BCUT2D eigenvalue weighted by molar-refractivity contribution is 0.106. The molecule has 106 valence electrons. The van der Waals surface area contributed by atoms with Crippen LogP contribution in [0.4, 0.5) is 0 Å². The maximum Gasteiger partial charge on any atom is 0.120 e. The Bertz CT molecular complexity index is 522. The van der Waals surface area contributed by atoms with Crippen molar-refractivity contribution in [2.24, 2.45) is 0 Å². The molecule has 0 saturated carbocycles. The van der Waals surface area contributed by atoms with E-state index in [0.29, 0.717) is 23.9 Å². The van der Waals surface area contributed by atoms with Crippen molar-refractivity contribution in [2.45, 2.75) is 12.6 Å². The third-order valence-corrected chi connectivity index (χ3v) is 2.89. The molecular weight excluding hydrogens is 276 g/mol. The lowest BCUT2D eigenvalue weighted by atomic mass is 10.3. The minimum atomic E-state index is -0.585. The first-order chi connectivity index (χ1) is 9.74. The number of aliphatic hydroxyl groups is 1. The lowest BCUT2D eigenvalue weighted by Gasteiger charge is -2.13. The van der Waals surface area contributed by atoms with E-state index in [4.69, 9.17) is 16.3 Å². The molecule has 20 heavy (non-hydrogen) atoms. The summed E-state index contributed by atoms with van der Waals surface area (Å²) in [5.74, 6) is 0.654. The van der Waals surface area contributed by atoms with Gasteiger partial charge < -0.3 is 15.2 Å². The molecule has 1 aromatic carbocycles. The summed E-state index contributed by atoms with van der Waals surface area (Å²) in [7, 11) is 0. The quantitative estimate of drug-likeness (QED) is 0.822.